The molecule has 1 fully saturated rings. The van der Waals surface area contributed by atoms with Crippen molar-refractivity contribution >= 4 is 23.2 Å². The van der Waals surface area contributed by atoms with Crippen LogP contribution in [0.25, 0.3) is 11.4 Å². The first-order valence-electron chi connectivity index (χ1n) is 12.8. The molecule has 2 amide bonds. The van der Waals surface area contributed by atoms with Crippen LogP contribution in [0.3, 0.4) is 0 Å². The van der Waals surface area contributed by atoms with Crippen molar-refractivity contribution < 1.29 is 28.2 Å². The molecule has 210 valence electrons. The van der Waals surface area contributed by atoms with Crippen LogP contribution >= 0.6 is 11.3 Å². The lowest BCUT2D eigenvalue weighted by atomic mass is 10.1. The standard InChI is InChI=1S/C27H30N6O6S/c1-36-21-10-9-18(14-23(21)37-2)26-29-31-33(30-26)17-24(34)32(16-20-7-5-13-40-20)25(22-8-4-12-39-22)27(35)28-15-19-6-3-11-38-19/h4-5,7-10,12-14,19,25H,3,6,11,15-17H2,1-2H3,(H,28,35)/t19-,25+/m0/s1. The van der Waals surface area contributed by atoms with Crippen LogP contribution < -0.4 is 14.8 Å². The number of aromatic nitrogens is 4. The maximum Gasteiger partial charge on any atom is 0.250 e. The van der Waals surface area contributed by atoms with Gasteiger partial charge in [0.2, 0.25) is 11.7 Å². The average molecular weight is 567 g/mol. The van der Waals surface area contributed by atoms with Crippen molar-refractivity contribution in [1.82, 2.24) is 30.4 Å². The molecule has 40 heavy (non-hydrogen) atoms. The Hall–Kier alpha value is -4.23. The van der Waals surface area contributed by atoms with Gasteiger partial charge in [-0.25, -0.2) is 0 Å². The summed E-state index contributed by atoms with van der Waals surface area (Å²) in [7, 11) is 3.09. The fraction of sp³-hybridized carbons (Fsp3) is 0.370. The van der Waals surface area contributed by atoms with E-state index in [4.69, 9.17) is 18.6 Å². The molecular formula is C27H30N6O6S. The van der Waals surface area contributed by atoms with E-state index in [1.165, 1.54) is 27.3 Å². The summed E-state index contributed by atoms with van der Waals surface area (Å²) in [5, 5.41) is 17.5. The van der Waals surface area contributed by atoms with Gasteiger partial charge in [-0.1, -0.05) is 6.07 Å². The van der Waals surface area contributed by atoms with Crippen molar-refractivity contribution in [3.8, 4) is 22.9 Å². The van der Waals surface area contributed by atoms with Gasteiger partial charge in [0.05, 0.1) is 33.1 Å². The van der Waals surface area contributed by atoms with E-state index in [0.29, 0.717) is 41.8 Å². The Morgan fingerprint density at radius 1 is 1.20 bits per heavy atom. The van der Waals surface area contributed by atoms with Crippen LogP contribution in [0.5, 0.6) is 11.5 Å². The molecular weight excluding hydrogens is 536 g/mol. The number of benzene rings is 1. The molecule has 1 N–H and O–H groups in total. The van der Waals surface area contributed by atoms with Crippen LogP contribution in [-0.2, 0) is 27.4 Å². The minimum Gasteiger partial charge on any atom is -0.493 e. The second kappa shape index (κ2) is 12.7. The number of hydrogen-bond acceptors (Lipinski definition) is 10. The van der Waals surface area contributed by atoms with Gasteiger partial charge in [0.15, 0.2) is 17.5 Å². The molecule has 4 heterocycles. The number of thiophene rings is 1. The summed E-state index contributed by atoms with van der Waals surface area (Å²) < 4.78 is 21.9. The molecule has 4 aromatic rings. The van der Waals surface area contributed by atoms with Crippen molar-refractivity contribution in [1.29, 1.82) is 0 Å². The predicted molar refractivity (Wildman–Crippen MR) is 145 cm³/mol. The van der Waals surface area contributed by atoms with E-state index in [2.05, 4.69) is 20.7 Å². The Bertz CT molecular complexity index is 1400. The molecule has 1 aliphatic heterocycles. The van der Waals surface area contributed by atoms with Crippen LogP contribution in [0.15, 0.2) is 58.5 Å². The summed E-state index contributed by atoms with van der Waals surface area (Å²) >= 11 is 1.49. The number of tetrazole rings is 1. The normalized spacial score (nSPS) is 15.5. The van der Waals surface area contributed by atoms with E-state index >= 15 is 0 Å². The smallest absolute Gasteiger partial charge is 0.250 e. The van der Waals surface area contributed by atoms with Gasteiger partial charge in [0.1, 0.15) is 12.3 Å². The molecule has 0 saturated carbocycles. The fourth-order valence-electron chi connectivity index (χ4n) is 4.49. The van der Waals surface area contributed by atoms with Crippen molar-refractivity contribution in [2.24, 2.45) is 0 Å². The van der Waals surface area contributed by atoms with Crippen molar-refractivity contribution in [2.75, 3.05) is 27.4 Å². The molecule has 0 bridgehead atoms. The SMILES string of the molecule is COc1ccc(-c2nnn(CC(=O)N(Cc3cccs3)[C@@H](C(=O)NC[C@@H]3CCCO3)c3ccco3)n2)cc1OC. The fourth-order valence-corrected chi connectivity index (χ4v) is 5.20. The summed E-state index contributed by atoms with van der Waals surface area (Å²) in [6, 6.07) is 11.4. The van der Waals surface area contributed by atoms with Crippen LogP contribution in [-0.4, -0.2) is 70.4 Å². The first-order valence-corrected chi connectivity index (χ1v) is 13.7. The highest BCUT2D eigenvalue weighted by atomic mass is 32.1. The van der Waals surface area contributed by atoms with E-state index in [0.717, 1.165) is 17.7 Å². The van der Waals surface area contributed by atoms with Gasteiger partial charge in [-0.15, -0.1) is 21.5 Å². The molecule has 0 radical (unpaired) electrons. The third kappa shape index (κ3) is 6.32. The van der Waals surface area contributed by atoms with Gasteiger partial charge in [-0.3, -0.25) is 9.59 Å². The van der Waals surface area contributed by atoms with Gasteiger partial charge in [0, 0.05) is 23.6 Å². The molecule has 0 spiro atoms. The lowest BCUT2D eigenvalue weighted by Crippen LogP contribution is -2.46. The van der Waals surface area contributed by atoms with Crippen molar-refractivity contribution in [2.45, 2.75) is 38.1 Å². The van der Waals surface area contributed by atoms with Crippen molar-refractivity contribution in [3.05, 3.63) is 64.7 Å². The van der Waals surface area contributed by atoms with E-state index in [9.17, 15) is 9.59 Å². The van der Waals surface area contributed by atoms with Crippen LogP contribution in [0.2, 0.25) is 0 Å². The zero-order valence-corrected chi connectivity index (χ0v) is 23.0. The monoisotopic (exact) mass is 566 g/mol. The van der Waals surface area contributed by atoms with Gasteiger partial charge >= 0.3 is 0 Å². The Balaban J connectivity index is 1.38. The van der Waals surface area contributed by atoms with E-state index in [1.54, 1.807) is 44.6 Å². The molecule has 1 saturated heterocycles. The number of nitrogens with zero attached hydrogens (tertiary/aromatic N) is 5. The Morgan fingerprint density at radius 2 is 2.08 bits per heavy atom. The highest BCUT2D eigenvalue weighted by molar-refractivity contribution is 7.09. The second-order valence-electron chi connectivity index (χ2n) is 9.11. The number of hydrogen-bond donors (Lipinski definition) is 1. The minimum atomic E-state index is -1.00. The van der Waals surface area contributed by atoms with Gasteiger partial charge in [-0.2, -0.15) is 4.80 Å². The average Bonchev–Trinajstić information content (AvgIpc) is 3.80. The van der Waals surface area contributed by atoms with E-state index in [1.807, 2.05) is 17.5 Å². The largest absolute Gasteiger partial charge is 0.493 e. The molecule has 13 heteroatoms. The molecule has 2 atom stereocenters. The second-order valence-corrected chi connectivity index (χ2v) is 10.1. The highest BCUT2D eigenvalue weighted by Gasteiger charge is 2.35. The molecule has 0 aliphatic carbocycles. The maximum atomic E-state index is 13.8. The van der Waals surface area contributed by atoms with Gasteiger partial charge in [0.25, 0.3) is 5.91 Å². The lowest BCUT2D eigenvalue weighted by molar-refractivity contribution is -0.143. The number of amides is 2. The molecule has 5 rings (SSSR count). The third-order valence-electron chi connectivity index (χ3n) is 6.50. The number of ether oxygens (including phenoxy) is 3. The summed E-state index contributed by atoms with van der Waals surface area (Å²) in [6.45, 7) is 1.01. The Labute approximate surface area is 234 Å². The topological polar surface area (TPSA) is 134 Å². The minimum absolute atomic E-state index is 0.0444. The number of nitrogens with one attached hydrogen (secondary N) is 1. The molecule has 1 aromatic carbocycles. The molecule has 1 aliphatic rings. The van der Waals surface area contributed by atoms with E-state index < -0.39 is 6.04 Å². The summed E-state index contributed by atoms with van der Waals surface area (Å²) in [6.07, 6.45) is 3.28. The van der Waals surface area contributed by atoms with Crippen molar-refractivity contribution in [3.63, 3.8) is 0 Å². The van der Waals surface area contributed by atoms with Gasteiger partial charge in [-0.05, 0) is 59.8 Å². The summed E-state index contributed by atoms with van der Waals surface area (Å²) in [4.78, 5) is 30.9. The predicted octanol–water partition coefficient (Wildman–Crippen LogP) is 3.08. The quantitative estimate of drug-likeness (QED) is 0.275. The zero-order valence-electron chi connectivity index (χ0n) is 22.2. The summed E-state index contributed by atoms with van der Waals surface area (Å²) in [5.41, 5.74) is 0.647. The summed E-state index contributed by atoms with van der Waals surface area (Å²) in [5.74, 6) is 1.03. The lowest BCUT2D eigenvalue weighted by Gasteiger charge is -2.29. The molecule has 3 aromatic heterocycles. The van der Waals surface area contributed by atoms with Crippen LogP contribution in [0.1, 0.15) is 29.5 Å². The first kappa shape index (κ1) is 27.3. The van der Waals surface area contributed by atoms with E-state index in [-0.39, 0.29) is 31.0 Å². The van der Waals surface area contributed by atoms with Crippen LogP contribution in [0.4, 0.5) is 0 Å². The molecule has 0 unspecified atom stereocenters. The number of methoxy groups -OCH3 is 2. The number of carbonyl (C=O) groups excluding carboxylic acids is 2. The zero-order chi connectivity index (χ0) is 27.9. The van der Waals surface area contributed by atoms with Gasteiger partial charge < -0.3 is 28.8 Å². The maximum absolute atomic E-state index is 13.8. The Kier molecular flexibility index (Phi) is 8.71. The highest BCUT2D eigenvalue weighted by Crippen LogP contribution is 2.31. The number of carbonyl (C=O) groups is 2. The number of furan rings is 1. The number of rotatable bonds is 12. The Morgan fingerprint density at radius 3 is 2.77 bits per heavy atom. The van der Waals surface area contributed by atoms with Crippen LogP contribution in [0, 0.1) is 0 Å². The molecule has 12 nitrogen and oxygen atoms in total. The first-order chi connectivity index (χ1) is 19.6. The third-order valence-corrected chi connectivity index (χ3v) is 7.36.